The molecule has 0 bridgehead atoms. The maximum atomic E-state index is 11.3. The lowest BCUT2D eigenvalue weighted by molar-refractivity contribution is -0.161. The lowest BCUT2D eigenvalue weighted by Crippen LogP contribution is -2.43. The molecular formula is C12H20AlO4. The molecule has 0 amide bonds. The summed E-state index contributed by atoms with van der Waals surface area (Å²) in [6.07, 6.45) is 2.10. The highest BCUT2D eigenvalue weighted by Gasteiger charge is 2.46. The Morgan fingerprint density at radius 2 is 1.59 bits per heavy atom. The zero-order chi connectivity index (χ0) is 12.5. The van der Waals surface area contributed by atoms with Crippen LogP contribution in [0, 0.1) is 23.2 Å². The van der Waals surface area contributed by atoms with Crippen molar-refractivity contribution in [2.24, 2.45) is 23.2 Å². The summed E-state index contributed by atoms with van der Waals surface area (Å²) in [6, 6.07) is 0. The molecule has 1 aliphatic rings. The first-order valence-electron chi connectivity index (χ1n) is 5.70. The van der Waals surface area contributed by atoms with Crippen LogP contribution in [0.25, 0.3) is 0 Å². The third-order valence-electron chi connectivity index (χ3n) is 3.61. The van der Waals surface area contributed by atoms with E-state index in [1.165, 1.54) is 0 Å². The Hall–Kier alpha value is -0.528. The topological polar surface area (TPSA) is 74.6 Å². The second-order valence-corrected chi connectivity index (χ2v) is 5.71. The fourth-order valence-corrected chi connectivity index (χ4v) is 2.79. The molecule has 0 aromatic carbocycles. The van der Waals surface area contributed by atoms with Gasteiger partial charge in [-0.05, 0) is 24.2 Å². The number of carbonyl (C=O) groups is 2. The molecular weight excluding hydrogens is 235 g/mol. The first-order chi connectivity index (χ1) is 7.25. The predicted molar refractivity (Wildman–Crippen MR) is 64.8 cm³/mol. The van der Waals surface area contributed by atoms with Crippen molar-refractivity contribution in [1.29, 1.82) is 0 Å². The molecule has 0 spiro atoms. The molecule has 4 nitrogen and oxygen atoms in total. The van der Waals surface area contributed by atoms with Gasteiger partial charge in [0.1, 0.15) is 0 Å². The molecule has 1 fully saturated rings. The fraction of sp³-hybridized carbons (Fsp3) is 0.833. The lowest BCUT2D eigenvalue weighted by Gasteiger charge is -2.41. The van der Waals surface area contributed by atoms with Crippen molar-refractivity contribution < 1.29 is 19.8 Å². The number of hydrogen-bond acceptors (Lipinski definition) is 2. The van der Waals surface area contributed by atoms with Crippen LogP contribution in [0.5, 0.6) is 0 Å². The lowest BCUT2D eigenvalue weighted by atomic mass is 9.62. The minimum absolute atomic E-state index is 0. The molecule has 3 unspecified atom stereocenters. The normalized spacial score (nSPS) is 29.2. The summed E-state index contributed by atoms with van der Waals surface area (Å²) in [5.74, 6) is -3.46. The summed E-state index contributed by atoms with van der Waals surface area (Å²) in [5.41, 5.74) is -0.156. The second-order valence-electron chi connectivity index (χ2n) is 5.71. The minimum atomic E-state index is -0.971. The van der Waals surface area contributed by atoms with Gasteiger partial charge in [0, 0.05) is 17.4 Å². The zero-order valence-electron chi connectivity index (χ0n) is 10.6. The van der Waals surface area contributed by atoms with E-state index in [1.807, 2.05) is 20.8 Å². The molecule has 1 saturated carbocycles. The van der Waals surface area contributed by atoms with Crippen LogP contribution in [-0.4, -0.2) is 39.5 Å². The molecule has 0 saturated heterocycles. The largest absolute Gasteiger partial charge is 0.481 e. The molecule has 3 radical (unpaired) electrons. The van der Waals surface area contributed by atoms with Crippen molar-refractivity contribution in [2.75, 3.05) is 0 Å². The number of carboxylic acids is 2. The second kappa shape index (κ2) is 5.88. The quantitative estimate of drug-likeness (QED) is 0.738. The summed E-state index contributed by atoms with van der Waals surface area (Å²) in [5, 5.41) is 18.3. The van der Waals surface area contributed by atoms with Crippen LogP contribution in [0.3, 0.4) is 0 Å². The van der Waals surface area contributed by atoms with Crippen LogP contribution in [0.4, 0.5) is 0 Å². The minimum Gasteiger partial charge on any atom is -0.481 e. The van der Waals surface area contributed by atoms with Crippen LogP contribution in [0.2, 0.25) is 0 Å². The summed E-state index contributed by atoms with van der Waals surface area (Å²) in [7, 11) is 0. The first kappa shape index (κ1) is 16.5. The van der Waals surface area contributed by atoms with Gasteiger partial charge in [-0.3, -0.25) is 9.59 Å². The number of hydrogen-bond donors (Lipinski definition) is 2. The van der Waals surface area contributed by atoms with E-state index in [0.29, 0.717) is 6.42 Å². The van der Waals surface area contributed by atoms with E-state index < -0.39 is 23.8 Å². The van der Waals surface area contributed by atoms with E-state index in [1.54, 1.807) is 0 Å². The highest BCUT2D eigenvalue weighted by atomic mass is 27.0. The average molecular weight is 255 g/mol. The van der Waals surface area contributed by atoms with E-state index in [-0.39, 0.29) is 28.7 Å². The molecule has 0 aromatic heterocycles. The Balaban J connectivity index is 0.00000256. The molecule has 1 aliphatic carbocycles. The van der Waals surface area contributed by atoms with Crippen molar-refractivity contribution in [3.8, 4) is 0 Å². The summed E-state index contributed by atoms with van der Waals surface area (Å²) in [4.78, 5) is 22.3. The molecule has 0 aliphatic heterocycles. The van der Waals surface area contributed by atoms with Crippen molar-refractivity contribution >= 4 is 29.3 Å². The number of aliphatic carboxylic acids is 2. The summed E-state index contributed by atoms with van der Waals surface area (Å²) < 4.78 is 0. The Morgan fingerprint density at radius 3 is 1.94 bits per heavy atom. The van der Waals surface area contributed by atoms with E-state index in [2.05, 4.69) is 0 Å². The van der Waals surface area contributed by atoms with E-state index in [4.69, 9.17) is 5.11 Å². The molecule has 5 heteroatoms. The van der Waals surface area contributed by atoms with Crippen molar-refractivity contribution in [1.82, 2.24) is 0 Å². The van der Waals surface area contributed by atoms with Crippen molar-refractivity contribution in [2.45, 2.75) is 40.0 Å². The molecule has 3 atom stereocenters. The van der Waals surface area contributed by atoms with Crippen molar-refractivity contribution in [3.05, 3.63) is 0 Å². The maximum absolute atomic E-state index is 11.3. The van der Waals surface area contributed by atoms with E-state index in [9.17, 15) is 14.7 Å². The highest BCUT2D eigenvalue weighted by Crippen LogP contribution is 2.44. The summed E-state index contributed by atoms with van der Waals surface area (Å²) in [6.45, 7) is 5.95. The predicted octanol–water partition coefficient (Wildman–Crippen LogP) is 1.85. The summed E-state index contributed by atoms with van der Waals surface area (Å²) >= 11 is 0. The average Bonchev–Trinajstić information content (AvgIpc) is 2.14. The third-order valence-corrected chi connectivity index (χ3v) is 3.61. The van der Waals surface area contributed by atoms with Gasteiger partial charge < -0.3 is 10.2 Å². The maximum Gasteiger partial charge on any atom is 0.307 e. The molecule has 95 valence electrons. The Labute approximate surface area is 113 Å². The number of rotatable bonds is 2. The molecule has 2 N–H and O–H groups in total. The van der Waals surface area contributed by atoms with Gasteiger partial charge in [-0.2, -0.15) is 0 Å². The van der Waals surface area contributed by atoms with E-state index in [0.717, 1.165) is 12.8 Å². The molecule has 17 heavy (non-hydrogen) atoms. The van der Waals surface area contributed by atoms with E-state index >= 15 is 0 Å². The molecule has 0 heterocycles. The van der Waals surface area contributed by atoms with Gasteiger partial charge in [0.2, 0.25) is 0 Å². The van der Waals surface area contributed by atoms with Gasteiger partial charge in [0.25, 0.3) is 0 Å². The fourth-order valence-electron chi connectivity index (χ4n) is 2.79. The van der Waals surface area contributed by atoms with Gasteiger partial charge in [0.05, 0.1) is 11.8 Å². The zero-order valence-corrected chi connectivity index (χ0v) is 11.8. The van der Waals surface area contributed by atoms with Crippen LogP contribution in [0.15, 0.2) is 0 Å². The van der Waals surface area contributed by atoms with Crippen LogP contribution >= 0.6 is 0 Å². The molecule has 0 aromatic rings. The highest BCUT2D eigenvalue weighted by molar-refractivity contribution is 5.80. The van der Waals surface area contributed by atoms with Crippen LogP contribution in [0.1, 0.15) is 40.0 Å². The Bertz CT molecular complexity index is 295. The standard InChI is InChI=1S/C12H20O4.Al/c1-12(2,3)8-6-4-5-7(10(13)14)9(8)11(15)16;/h7-9H,4-6H2,1-3H3,(H,13,14)(H,15,16);. The van der Waals surface area contributed by atoms with Gasteiger partial charge in [0.15, 0.2) is 0 Å². The van der Waals surface area contributed by atoms with Gasteiger partial charge >= 0.3 is 11.9 Å². The third kappa shape index (κ3) is 3.72. The van der Waals surface area contributed by atoms with Gasteiger partial charge in [-0.25, -0.2) is 0 Å². The monoisotopic (exact) mass is 255 g/mol. The first-order valence-corrected chi connectivity index (χ1v) is 5.70. The van der Waals surface area contributed by atoms with Gasteiger partial charge in [-0.1, -0.05) is 27.2 Å². The van der Waals surface area contributed by atoms with Gasteiger partial charge in [-0.15, -0.1) is 0 Å². The SMILES string of the molecule is CC(C)(C)C1CCCC(C(=O)O)C1C(=O)O.[Al]. The molecule has 1 rings (SSSR count). The van der Waals surface area contributed by atoms with Crippen LogP contribution in [-0.2, 0) is 9.59 Å². The Morgan fingerprint density at radius 1 is 1.06 bits per heavy atom. The number of carboxylic acid groups (broad SMARTS) is 2. The van der Waals surface area contributed by atoms with Crippen molar-refractivity contribution in [3.63, 3.8) is 0 Å². The smallest absolute Gasteiger partial charge is 0.307 e. The Kier molecular flexibility index (Phi) is 5.70. The van der Waals surface area contributed by atoms with Crippen LogP contribution < -0.4 is 0 Å².